The summed E-state index contributed by atoms with van der Waals surface area (Å²) in [5.41, 5.74) is 11.1. The third-order valence-electron chi connectivity index (χ3n) is 3.83. The number of hydrogen-bond acceptors (Lipinski definition) is 1. The van der Waals surface area contributed by atoms with E-state index >= 15 is 0 Å². The molecule has 0 spiro atoms. The van der Waals surface area contributed by atoms with Crippen LogP contribution in [0.15, 0.2) is 48.5 Å². The second-order valence-electron chi connectivity index (χ2n) is 5.23. The van der Waals surface area contributed by atoms with Crippen LogP contribution in [0.3, 0.4) is 0 Å². The SMILES string of the molecule is CC1(c2cccc(-c3ccccc3N)c2)CC1. The average Bonchev–Trinajstić information content (AvgIpc) is 3.10. The Morgan fingerprint density at radius 3 is 2.47 bits per heavy atom. The molecule has 1 nitrogen and oxygen atoms in total. The van der Waals surface area contributed by atoms with Crippen LogP contribution in [-0.2, 0) is 5.41 Å². The topological polar surface area (TPSA) is 26.0 Å². The maximum atomic E-state index is 6.03. The van der Waals surface area contributed by atoms with E-state index in [4.69, 9.17) is 5.73 Å². The minimum Gasteiger partial charge on any atom is -0.398 e. The zero-order valence-corrected chi connectivity index (χ0v) is 10.1. The Morgan fingerprint density at radius 2 is 1.76 bits per heavy atom. The molecule has 2 N–H and O–H groups in total. The molecule has 2 aromatic rings. The fourth-order valence-electron chi connectivity index (χ4n) is 2.30. The summed E-state index contributed by atoms with van der Waals surface area (Å²) in [7, 11) is 0. The molecule has 1 heteroatoms. The van der Waals surface area contributed by atoms with Crippen molar-refractivity contribution in [2.75, 3.05) is 5.73 Å². The van der Waals surface area contributed by atoms with Gasteiger partial charge in [0.15, 0.2) is 0 Å². The van der Waals surface area contributed by atoms with Crippen LogP contribution in [0.5, 0.6) is 0 Å². The molecule has 0 aromatic heterocycles. The van der Waals surface area contributed by atoms with Crippen LogP contribution in [0.25, 0.3) is 11.1 Å². The van der Waals surface area contributed by atoms with Gasteiger partial charge in [-0.2, -0.15) is 0 Å². The minimum absolute atomic E-state index is 0.416. The van der Waals surface area contributed by atoms with Gasteiger partial charge in [0.1, 0.15) is 0 Å². The largest absolute Gasteiger partial charge is 0.398 e. The minimum atomic E-state index is 0.416. The number of anilines is 1. The maximum absolute atomic E-state index is 6.03. The molecule has 1 aliphatic carbocycles. The van der Waals surface area contributed by atoms with Crippen molar-refractivity contribution in [3.05, 3.63) is 54.1 Å². The first-order valence-corrected chi connectivity index (χ1v) is 6.14. The molecule has 86 valence electrons. The van der Waals surface area contributed by atoms with Gasteiger partial charge in [-0.3, -0.25) is 0 Å². The molecule has 1 fully saturated rings. The van der Waals surface area contributed by atoms with Crippen LogP contribution in [-0.4, -0.2) is 0 Å². The van der Waals surface area contributed by atoms with Gasteiger partial charge < -0.3 is 5.73 Å². The van der Waals surface area contributed by atoms with Gasteiger partial charge >= 0.3 is 0 Å². The Balaban J connectivity index is 2.07. The smallest absolute Gasteiger partial charge is 0.0393 e. The van der Waals surface area contributed by atoms with Crippen LogP contribution in [0.4, 0.5) is 5.69 Å². The molecular formula is C16H17N. The van der Waals surface area contributed by atoms with E-state index in [1.54, 1.807) is 0 Å². The quantitative estimate of drug-likeness (QED) is 0.765. The molecule has 0 saturated heterocycles. The molecule has 2 aromatic carbocycles. The van der Waals surface area contributed by atoms with Crippen molar-refractivity contribution in [3.63, 3.8) is 0 Å². The number of nitrogens with two attached hydrogens (primary N) is 1. The Kier molecular flexibility index (Phi) is 2.22. The molecule has 0 aliphatic heterocycles. The van der Waals surface area contributed by atoms with Gasteiger partial charge in [-0.1, -0.05) is 49.4 Å². The lowest BCUT2D eigenvalue weighted by Crippen LogP contribution is -1.99. The predicted octanol–water partition coefficient (Wildman–Crippen LogP) is 3.99. The van der Waals surface area contributed by atoms with Gasteiger partial charge in [0.25, 0.3) is 0 Å². The molecule has 17 heavy (non-hydrogen) atoms. The molecule has 0 heterocycles. The Morgan fingerprint density at radius 1 is 1.00 bits per heavy atom. The summed E-state index contributed by atoms with van der Waals surface area (Å²) in [6.07, 6.45) is 2.61. The van der Waals surface area contributed by atoms with Crippen molar-refractivity contribution >= 4 is 5.69 Å². The number of benzene rings is 2. The van der Waals surface area contributed by atoms with E-state index in [0.29, 0.717) is 5.41 Å². The van der Waals surface area contributed by atoms with Crippen molar-refractivity contribution in [1.82, 2.24) is 0 Å². The average molecular weight is 223 g/mol. The molecule has 0 unspecified atom stereocenters. The van der Waals surface area contributed by atoms with Crippen LogP contribution in [0.1, 0.15) is 25.3 Å². The normalized spacial score (nSPS) is 16.8. The second kappa shape index (κ2) is 3.63. The predicted molar refractivity (Wildman–Crippen MR) is 72.9 cm³/mol. The van der Waals surface area contributed by atoms with Gasteiger partial charge in [0.05, 0.1) is 0 Å². The summed E-state index contributed by atoms with van der Waals surface area (Å²) >= 11 is 0. The fraction of sp³-hybridized carbons (Fsp3) is 0.250. The number of rotatable bonds is 2. The molecular weight excluding hydrogens is 206 g/mol. The van der Waals surface area contributed by atoms with Crippen LogP contribution >= 0.6 is 0 Å². The van der Waals surface area contributed by atoms with E-state index in [1.165, 1.54) is 24.0 Å². The first-order valence-electron chi connectivity index (χ1n) is 6.14. The highest BCUT2D eigenvalue weighted by atomic mass is 14.6. The lowest BCUT2D eigenvalue weighted by molar-refractivity contribution is 0.788. The summed E-state index contributed by atoms with van der Waals surface area (Å²) in [5.74, 6) is 0. The number of para-hydroxylation sites is 1. The lowest BCUT2D eigenvalue weighted by atomic mass is 9.94. The van der Waals surface area contributed by atoms with Gasteiger partial charge in [-0.25, -0.2) is 0 Å². The molecule has 0 atom stereocenters. The van der Waals surface area contributed by atoms with E-state index in [9.17, 15) is 0 Å². The molecule has 0 amide bonds. The van der Waals surface area contributed by atoms with Crippen molar-refractivity contribution < 1.29 is 0 Å². The van der Waals surface area contributed by atoms with Crippen LogP contribution in [0.2, 0.25) is 0 Å². The van der Waals surface area contributed by atoms with Crippen molar-refractivity contribution in [2.45, 2.75) is 25.2 Å². The zero-order valence-electron chi connectivity index (χ0n) is 10.1. The van der Waals surface area contributed by atoms with Gasteiger partial charge in [-0.15, -0.1) is 0 Å². The third-order valence-corrected chi connectivity index (χ3v) is 3.83. The van der Waals surface area contributed by atoms with Crippen LogP contribution < -0.4 is 5.73 Å². The first kappa shape index (κ1) is 10.4. The highest BCUT2D eigenvalue weighted by molar-refractivity contribution is 5.76. The summed E-state index contributed by atoms with van der Waals surface area (Å²) < 4.78 is 0. The molecule has 0 bridgehead atoms. The highest BCUT2D eigenvalue weighted by Crippen LogP contribution is 2.48. The summed E-state index contributed by atoms with van der Waals surface area (Å²) in [5, 5.41) is 0. The summed E-state index contributed by atoms with van der Waals surface area (Å²) in [6, 6.07) is 16.9. The molecule has 1 aliphatic rings. The van der Waals surface area contributed by atoms with E-state index in [1.807, 2.05) is 18.2 Å². The standard InChI is InChI=1S/C16H17N/c1-16(9-10-16)13-6-4-5-12(11-13)14-7-2-3-8-15(14)17/h2-8,11H,9-10,17H2,1H3. The third kappa shape index (κ3) is 1.82. The van der Waals surface area contributed by atoms with Crippen molar-refractivity contribution in [2.24, 2.45) is 0 Å². The Hall–Kier alpha value is -1.76. The van der Waals surface area contributed by atoms with E-state index in [0.717, 1.165) is 11.3 Å². The van der Waals surface area contributed by atoms with Gasteiger partial charge in [0.2, 0.25) is 0 Å². The van der Waals surface area contributed by atoms with Gasteiger partial charge in [-0.05, 0) is 35.4 Å². The zero-order chi connectivity index (χ0) is 11.9. The fourth-order valence-corrected chi connectivity index (χ4v) is 2.30. The molecule has 0 radical (unpaired) electrons. The lowest BCUT2D eigenvalue weighted by Gasteiger charge is -2.12. The van der Waals surface area contributed by atoms with E-state index in [2.05, 4.69) is 37.3 Å². The number of hydrogen-bond donors (Lipinski definition) is 1. The monoisotopic (exact) mass is 223 g/mol. The van der Waals surface area contributed by atoms with Gasteiger partial charge in [0, 0.05) is 11.3 Å². The summed E-state index contributed by atoms with van der Waals surface area (Å²) in [4.78, 5) is 0. The highest BCUT2D eigenvalue weighted by Gasteiger charge is 2.38. The number of nitrogen functional groups attached to an aromatic ring is 1. The molecule has 3 rings (SSSR count). The first-order chi connectivity index (χ1) is 8.19. The van der Waals surface area contributed by atoms with Crippen LogP contribution in [0, 0.1) is 0 Å². The van der Waals surface area contributed by atoms with E-state index < -0.39 is 0 Å². The Bertz CT molecular complexity index is 553. The van der Waals surface area contributed by atoms with Crippen molar-refractivity contribution in [3.8, 4) is 11.1 Å². The van der Waals surface area contributed by atoms with E-state index in [-0.39, 0.29) is 0 Å². The maximum Gasteiger partial charge on any atom is 0.0393 e. The summed E-state index contributed by atoms with van der Waals surface area (Å²) in [6.45, 7) is 2.33. The molecule has 1 saturated carbocycles. The second-order valence-corrected chi connectivity index (χ2v) is 5.23. The Labute approximate surface area is 102 Å². The van der Waals surface area contributed by atoms with Crippen molar-refractivity contribution in [1.29, 1.82) is 0 Å².